The van der Waals surface area contributed by atoms with Crippen molar-refractivity contribution in [3.8, 4) is 5.75 Å². The van der Waals surface area contributed by atoms with Crippen LogP contribution in [0.2, 0.25) is 0 Å². The molecule has 2 aromatic rings. The lowest BCUT2D eigenvalue weighted by molar-refractivity contribution is -0.277. The smallest absolute Gasteiger partial charge is 0.229 e. The Morgan fingerprint density at radius 2 is 1.90 bits per heavy atom. The van der Waals surface area contributed by atoms with E-state index >= 15 is 0 Å². The Bertz CT molecular complexity index is 780. The number of hydrogen-bond acceptors (Lipinski definition) is 7. The van der Waals surface area contributed by atoms with E-state index in [1.165, 1.54) is 5.56 Å². The highest BCUT2D eigenvalue weighted by molar-refractivity contribution is 5.84. The molecule has 1 aromatic heterocycles. The number of hydrogen-bond donors (Lipinski definition) is 5. The van der Waals surface area contributed by atoms with Gasteiger partial charge in [-0.3, -0.25) is 0 Å². The minimum Gasteiger partial charge on any atom is -0.462 e. The number of aliphatic hydroxyl groups excluding tert-OH is 4. The van der Waals surface area contributed by atoms with Crippen LogP contribution >= 0.6 is 0 Å². The Labute approximate surface area is 170 Å². The average Bonchev–Trinajstić information content (AvgIpc) is 3.13. The van der Waals surface area contributed by atoms with Crippen molar-refractivity contribution in [1.82, 2.24) is 9.88 Å². The van der Waals surface area contributed by atoms with Gasteiger partial charge in [0.15, 0.2) is 0 Å². The molecule has 0 spiro atoms. The number of aromatic nitrogens is 1. The highest BCUT2D eigenvalue weighted by Gasteiger charge is 2.44. The van der Waals surface area contributed by atoms with Crippen molar-refractivity contribution in [3.63, 3.8) is 0 Å². The fraction of sp³-hybridized carbons (Fsp3) is 0.619. The Kier molecular flexibility index (Phi) is 7.50. The van der Waals surface area contributed by atoms with Gasteiger partial charge in [-0.15, -0.1) is 0 Å². The zero-order valence-electron chi connectivity index (χ0n) is 17.0. The summed E-state index contributed by atoms with van der Waals surface area (Å²) < 4.78 is 11.1. The van der Waals surface area contributed by atoms with Crippen molar-refractivity contribution in [2.75, 3.05) is 26.2 Å². The lowest BCUT2D eigenvalue weighted by Gasteiger charge is -2.39. The fourth-order valence-corrected chi connectivity index (χ4v) is 3.77. The van der Waals surface area contributed by atoms with Crippen LogP contribution in [-0.2, 0) is 11.2 Å². The van der Waals surface area contributed by atoms with Gasteiger partial charge in [0, 0.05) is 29.7 Å². The van der Waals surface area contributed by atoms with Gasteiger partial charge in [0.2, 0.25) is 6.29 Å². The Hall–Kier alpha value is -1.68. The third kappa shape index (κ3) is 4.91. The topological polar surface area (TPSA) is 118 Å². The van der Waals surface area contributed by atoms with Gasteiger partial charge < -0.3 is 39.8 Å². The number of benzene rings is 1. The number of aliphatic hydroxyl groups is 4. The van der Waals surface area contributed by atoms with Gasteiger partial charge in [0.1, 0.15) is 30.2 Å². The quantitative estimate of drug-likeness (QED) is 0.413. The van der Waals surface area contributed by atoms with Crippen LogP contribution in [0, 0.1) is 0 Å². The second kappa shape index (κ2) is 9.88. The monoisotopic (exact) mass is 408 g/mol. The Morgan fingerprint density at radius 1 is 1.10 bits per heavy atom. The molecule has 1 saturated heterocycles. The van der Waals surface area contributed by atoms with Crippen molar-refractivity contribution < 1.29 is 29.9 Å². The van der Waals surface area contributed by atoms with Crippen LogP contribution in [0.25, 0.3) is 10.9 Å². The summed E-state index contributed by atoms with van der Waals surface area (Å²) in [7, 11) is 0. The maximum absolute atomic E-state index is 10.1. The summed E-state index contributed by atoms with van der Waals surface area (Å²) in [6, 6.07) is 5.55. The molecule has 1 fully saturated rings. The predicted octanol–water partition coefficient (Wildman–Crippen LogP) is 0.621. The number of ether oxygens (including phenoxy) is 2. The van der Waals surface area contributed by atoms with E-state index in [2.05, 4.69) is 23.7 Å². The lowest BCUT2D eigenvalue weighted by Crippen LogP contribution is -2.60. The zero-order valence-corrected chi connectivity index (χ0v) is 17.0. The molecule has 0 saturated carbocycles. The summed E-state index contributed by atoms with van der Waals surface area (Å²) in [6.45, 7) is 7.00. The molecule has 5 unspecified atom stereocenters. The summed E-state index contributed by atoms with van der Waals surface area (Å²) in [6.07, 6.45) is -2.40. The second-order valence-electron chi connectivity index (χ2n) is 7.52. The number of likely N-dealkylation sites (N-methyl/N-ethyl adjacent to an activating group) is 1. The lowest BCUT2D eigenvalue weighted by atomic mass is 9.99. The van der Waals surface area contributed by atoms with Crippen LogP contribution < -0.4 is 4.74 Å². The highest BCUT2D eigenvalue weighted by atomic mass is 16.7. The van der Waals surface area contributed by atoms with Gasteiger partial charge in [-0.25, -0.2) is 0 Å². The first-order valence-electron chi connectivity index (χ1n) is 10.3. The first kappa shape index (κ1) is 22.0. The molecule has 0 aliphatic carbocycles. The molecule has 0 amide bonds. The molecule has 162 valence electrons. The van der Waals surface area contributed by atoms with Gasteiger partial charge >= 0.3 is 0 Å². The second-order valence-corrected chi connectivity index (χ2v) is 7.52. The molecule has 0 bridgehead atoms. The fourth-order valence-electron chi connectivity index (χ4n) is 3.77. The Balaban J connectivity index is 1.69. The SMILES string of the molecule is CCCN(CC)CCc1c[nH]c2cc(OC3OC(CO)C(O)C(O)C3O)ccc12. The predicted molar refractivity (Wildman–Crippen MR) is 109 cm³/mol. The maximum atomic E-state index is 10.1. The molecular formula is C21H32N2O6. The van der Waals surface area contributed by atoms with Crippen LogP contribution in [0.4, 0.5) is 0 Å². The number of fused-ring (bicyclic) bond motifs is 1. The van der Waals surface area contributed by atoms with E-state index in [0.717, 1.165) is 43.4 Å². The summed E-state index contributed by atoms with van der Waals surface area (Å²) >= 11 is 0. The third-order valence-corrected chi connectivity index (χ3v) is 5.52. The van der Waals surface area contributed by atoms with E-state index in [1.54, 1.807) is 6.07 Å². The molecule has 1 aliphatic rings. The number of H-pyrrole nitrogens is 1. The summed E-state index contributed by atoms with van der Waals surface area (Å²) in [5, 5.41) is 40.3. The molecule has 3 rings (SSSR count). The molecule has 8 heteroatoms. The molecule has 1 aliphatic heterocycles. The van der Waals surface area contributed by atoms with Crippen molar-refractivity contribution in [2.24, 2.45) is 0 Å². The largest absolute Gasteiger partial charge is 0.462 e. The van der Waals surface area contributed by atoms with Crippen LogP contribution in [0.5, 0.6) is 5.75 Å². The number of nitrogens with zero attached hydrogens (tertiary/aromatic N) is 1. The van der Waals surface area contributed by atoms with Crippen LogP contribution in [0.15, 0.2) is 24.4 Å². The summed E-state index contributed by atoms with van der Waals surface area (Å²) in [5.41, 5.74) is 2.13. The zero-order chi connectivity index (χ0) is 21.0. The van der Waals surface area contributed by atoms with E-state index in [0.29, 0.717) is 5.75 Å². The standard InChI is InChI=1S/C21H32N2O6/c1-3-8-23(4-2)9-7-13-11-22-16-10-14(5-6-15(13)16)28-21-20(27)19(26)18(25)17(12-24)29-21/h5-6,10-11,17-22,24-27H,3-4,7-9,12H2,1-2H3. The molecule has 0 radical (unpaired) electrons. The van der Waals surface area contributed by atoms with Crippen LogP contribution in [0.1, 0.15) is 25.8 Å². The normalized spacial score (nSPS) is 27.6. The number of nitrogens with one attached hydrogen (secondary N) is 1. The summed E-state index contributed by atoms with van der Waals surface area (Å²) in [5.74, 6) is 0.455. The van der Waals surface area contributed by atoms with Gasteiger partial charge in [-0.05, 0) is 43.6 Å². The minimum absolute atomic E-state index is 0.455. The molecule has 5 N–H and O–H groups in total. The van der Waals surface area contributed by atoms with Crippen molar-refractivity contribution >= 4 is 10.9 Å². The van der Waals surface area contributed by atoms with E-state index in [9.17, 15) is 20.4 Å². The van der Waals surface area contributed by atoms with E-state index in [4.69, 9.17) is 9.47 Å². The third-order valence-electron chi connectivity index (χ3n) is 5.52. The highest BCUT2D eigenvalue weighted by Crippen LogP contribution is 2.28. The Morgan fingerprint density at radius 3 is 2.59 bits per heavy atom. The molecule has 8 nitrogen and oxygen atoms in total. The van der Waals surface area contributed by atoms with Gasteiger partial charge in [0.05, 0.1) is 6.61 Å². The van der Waals surface area contributed by atoms with Crippen molar-refractivity contribution in [1.29, 1.82) is 0 Å². The van der Waals surface area contributed by atoms with Crippen LogP contribution in [0.3, 0.4) is 0 Å². The van der Waals surface area contributed by atoms with E-state index in [-0.39, 0.29) is 0 Å². The molecule has 2 heterocycles. The number of aromatic amines is 1. The van der Waals surface area contributed by atoms with Crippen molar-refractivity contribution in [2.45, 2.75) is 57.4 Å². The van der Waals surface area contributed by atoms with Crippen LogP contribution in [-0.4, -0.2) is 87.3 Å². The van der Waals surface area contributed by atoms with E-state index in [1.807, 2.05) is 18.3 Å². The number of rotatable bonds is 9. The first-order valence-corrected chi connectivity index (χ1v) is 10.3. The van der Waals surface area contributed by atoms with Gasteiger partial charge in [0.25, 0.3) is 0 Å². The first-order chi connectivity index (χ1) is 14.0. The molecular weight excluding hydrogens is 376 g/mol. The van der Waals surface area contributed by atoms with E-state index < -0.39 is 37.3 Å². The minimum atomic E-state index is -1.46. The summed E-state index contributed by atoms with van der Waals surface area (Å²) in [4.78, 5) is 5.68. The van der Waals surface area contributed by atoms with Gasteiger partial charge in [-0.2, -0.15) is 0 Å². The van der Waals surface area contributed by atoms with Gasteiger partial charge in [-0.1, -0.05) is 13.8 Å². The maximum Gasteiger partial charge on any atom is 0.229 e. The molecule has 29 heavy (non-hydrogen) atoms. The molecule has 1 aromatic carbocycles. The molecule has 5 atom stereocenters. The van der Waals surface area contributed by atoms with Crippen molar-refractivity contribution in [3.05, 3.63) is 30.0 Å². The average molecular weight is 408 g/mol.